The van der Waals surface area contributed by atoms with Gasteiger partial charge < -0.3 is 14.4 Å². The fourth-order valence-corrected chi connectivity index (χ4v) is 2.43. The topological polar surface area (TPSA) is 38.8 Å². The van der Waals surface area contributed by atoms with Crippen LogP contribution in [0.4, 0.5) is 10.1 Å². The monoisotopic (exact) mass is 351 g/mol. The molecule has 0 atom stereocenters. The van der Waals surface area contributed by atoms with Gasteiger partial charge in [0.15, 0.2) is 11.5 Å². The second kappa shape index (κ2) is 8.02. The van der Waals surface area contributed by atoms with Crippen molar-refractivity contribution in [3.05, 3.63) is 52.8 Å². The second-order valence-electron chi connectivity index (χ2n) is 5.18. The lowest BCUT2D eigenvalue weighted by Gasteiger charge is -2.19. The fraction of sp³-hybridized carbons (Fsp3) is 0.278. The third kappa shape index (κ3) is 3.97. The van der Waals surface area contributed by atoms with E-state index in [2.05, 4.69) is 0 Å². The Morgan fingerprint density at radius 1 is 1.25 bits per heavy atom. The van der Waals surface area contributed by atoms with Gasteiger partial charge in [0.1, 0.15) is 5.82 Å². The summed E-state index contributed by atoms with van der Waals surface area (Å²) in [5, 5.41) is 0.304. The van der Waals surface area contributed by atoms with Crippen molar-refractivity contribution in [1.82, 2.24) is 0 Å². The smallest absolute Gasteiger partial charge is 0.258 e. The van der Waals surface area contributed by atoms with Crippen LogP contribution >= 0.6 is 11.6 Å². The van der Waals surface area contributed by atoms with E-state index < -0.39 is 0 Å². The highest BCUT2D eigenvalue weighted by atomic mass is 35.5. The van der Waals surface area contributed by atoms with Gasteiger partial charge >= 0.3 is 0 Å². The van der Waals surface area contributed by atoms with Crippen molar-refractivity contribution in [2.45, 2.75) is 13.3 Å². The van der Waals surface area contributed by atoms with Gasteiger partial charge in [-0.1, -0.05) is 18.5 Å². The minimum absolute atomic E-state index is 0.288. The number of amides is 1. The third-order valence-electron chi connectivity index (χ3n) is 3.45. The number of hydrogen-bond acceptors (Lipinski definition) is 3. The molecule has 0 fully saturated rings. The first kappa shape index (κ1) is 18.1. The van der Waals surface area contributed by atoms with Crippen LogP contribution in [0.3, 0.4) is 0 Å². The minimum Gasteiger partial charge on any atom is -0.493 e. The summed E-state index contributed by atoms with van der Waals surface area (Å²) in [7, 11) is 3.10. The van der Waals surface area contributed by atoms with Gasteiger partial charge in [0.05, 0.1) is 18.7 Å². The van der Waals surface area contributed by atoms with E-state index >= 15 is 0 Å². The quantitative estimate of drug-likeness (QED) is 0.766. The molecule has 4 nitrogen and oxygen atoms in total. The van der Waals surface area contributed by atoms with Gasteiger partial charge in [-0.25, -0.2) is 4.39 Å². The van der Waals surface area contributed by atoms with Gasteiger partial charge in [0.2, 0.25) is 0 Å². The lowest BCUT2D eigenvalue weighted by molar-refractivity contribution is 0.0992. The molecule has 0 aromatic heterocycles. The molecule has 0 saturated carbocycles. The first-order chi connectivity index (χ1) is 11.5. The molecule has 0 saturated heterocycles. The molecule has 0 heterocycles. The van der Waals surface area contributed by atoms with Crippen LogP contribution in [0.1, 0.15) is 23.7 Å². The predicted octanol–water partition coefficient (Wildman–Crippen LogP) is 4.55. The van der Waals surface area contributed by atoms with Crippen LogP contribution < -0.4 is 14.4 Å². The maximum atomic E-state index is 13.0. The molecule has 0 aliphatic heterocycles. The number of methoxy groups -OCH3 is 1. The molecule has 0 N–H and O–H groups in total. The average Bonchev–Trinajstić information content (AvgIpc) is 2.59. The van der Waals surface area contributed by atoms with Crippen LogP contribution in [0.2, 0.25) is 5.02 Å². The summed E-state index contributed by atoms with van der Waals surface area (Å²) < 4.78 is 23.9. The zero-order chi connectivity index (χ0) is 17.7. The van der Waals surface area contributed by atoms with Crippen molar-refractivity contribution in [1.29, 1.82) is 0 Å². The van der Waals surface area contributed by atoms with Crippen molar-refractivity contribution < 1.29 is 18.7 Å². The lowest BCUT2D eigenvalue weighted by atomic mass is 10.1. The second-order valence-corrected chi connectivity index (χ2v) is 5.59. The third-order valence-corrected chi connectivity index (χ3v) is 3.73. The Balaban J connectivity index is 2.32. The van der Waals surface area contributed by atoms with E-state index in [1.54, 1.807) is 13.1 Å². The fourth-order valence-electron chi connectivity index (χ4n) is 2.16. The molecule has 0 radical (unpaired) electrons. The van der Waals surface area contributed by atoms with Gasteiger partial charge in [-0.3, -0.25) is 4.79 Å². The van der Waals surface area contributed by atoms with Crippen molar-refractivity contribution in [2.24, 2.45) is 0 Å². The van der Waals surface area contributed by atoms with E-state index in [9.17, 15) is 9.18 Å². The Labute approximate surface area is 145 Å². The predicted molar refractivity (Wildman–Crippen MR) is 92.9 cm³/mol. The number of rotatable bonds is 6. The molecule has 2 aromatic carbocycles. The molecule has 24 heavy (non-hydrogen) atoms. The number of benzene rings is 2. The highest BCUT2D eigenvalue weighted by Crippen LogP contribution is 2.37. The van der Waals surface area contributed by atoms with E-state index in [4.69, 9.17) is 21.1 Å². The number of ether oxygens (including phenoxy) is 2. The Hall–Kier alpha value is -2.27. The van der Waals surface area contributed by atoms with Crippen LogP contribution in [-0.2, 0) is 0 Å². The number of carbonyl (C=O) groups is 1. The molecule has 0 bridgehead atoms. The maximum absolute atomic E-state index is 13.0. The highest BCUT2D eigenvalue weighted by Gasteiger charge is 2.19. The van der Waals surface area contributed by atoms with Crippen molar-refractivity contribution in [3.63, 3.8) is 0 Å². The van der Waals surface area contributed by atoms with Gasteiger partial charge in [-0.15, -0.1) is 0 Å². The van der Waals surface area contributed by atoms with Crippen LogP contribution in [-0.4, -0.2) is 26.7 Å². The Morgan fingerprint density at radius 2 is 1.92 bits per heavy atom. The van der Waals surface area contributed by atoms with Gasteiger partial charge in [-0.2, -0.15) is 0 Å². The molecule has 0 aliphatic carbocycles. The van der Waals surface area contributed by atoms with Crippen LogP contribution in [0.25, 0.3) is 0 Å². The summed E-state index contributed by atoms with van der Waals surface area (Å²) >= 11 is 6.24. The van der Waals surface area contributed by atoms with Crippen LogP contribution in [0, 0.1) is 5.82 Å². The Kier molecular flexibility index (Phi) is 6.04. The largest absolute Gasteiger partial charge is 0.493 e. The summed E-state index contributed by atoms with van der Waals surface area (Å²) in [6.07, 6.45) is 0.827. The van der Waals surface area contributed by atoms with Gasteiger partial charge in [0.25, 0.3) is 5.91 Å². The van der Waals surface area contributed by atoms with E-state index in [0.717, 1.165) is 6.42 Å². The number of carbonyl (C=O) groups excluding carboxylic acids is 1. The summed E-state index contributed by atoms with van der Waals surface area (Å²) in [6, 6.07) is 8.79. The maximum Gasteiger partial charge on any atom is 0.258 e. The molecular formula is C18H19ClFNO3. The molecule has 0 unspecified atom stereocenters. The summed E-state index contributed by atoms with van der Waals surface area (Å²) in [5.41, 5.74) is 0.926. The van der Waals surface area contributed by atoms with Crippen molar-refractivity contribution in [2.75, 3.05) is 25.7 Å². The summed E-state index contributed by atoms with van der Waals surface area (Å²) in [4.78, 5) is 14.1. The van der Waals surface area contributed by atoms with Crippen LogP contribution in [0.5, 0.6) is 11.5 Å². The Morgan fingerprint density at radius 3 is 2.50 bits per heavy atom. The zero-order valence-corrected chi connectivity index (χ0v) is 14.6. The molecule has 2 rings (SSSR count). The van der Waals surface area contributed by atoms with E-state index in [1.165, 1.54) is 42.3 Å². The Bertz CT molecular complexity index is 719. The molecule has 2 aromatic rings. The minimum atomic E-state index is -0.360. The first-order valence-corrected chi connectivity index (χ1v) is 7.89. The van der Waals surface area contributed by atoms with E-state index in [0.29, 0.717) is 34.4 Å². The molecule has 6 heteroatoms. The van der Waals surface area contributed by atoms with Gasteiger partial charge in [-0.05, 0) is 42.8 Å². The molecule has 0 aliphatic rings. The zero-order valence-electron chi connectivity index (χ0n) is 13.8. The summed E-state index contributed by atoms with van der Waals surface area (Å²) in [5.74, 6) is 0.166. The van der Waals surface area contributed by atoms with Crippen molar-refractivity contribution in [3.8, 4) is 11.5 Å². The lowest BCUT2D eigenvalue weighted by Crippen LogP contribution is -2.26. The molecule has 0 spiro atoms. The summed E-state index contributed by atoms with van der Waals surface area (Å²) in [6.45, 7) is 2.48. The van der Waals surface area contributed by atoms with Gasteiger partial charge in [0, 0.05) is 18.3 Å². The number of nitrogens with zero attached hydrogens (tertiary/aromatic N) is 1. The SMILES string of the molecule is CCCOc1c(Cl)cc(C(=O)N(C)c2ccc(F)cc2)cc1OC. The molecule has 128 valence electrons. The molecule has 1 amide bonds. The van der Waals surface area contributed by atoms with E-state index in [-0.39, 0.29) is 11.7 Å². The van der Waals surface area contributed by atoms with Crippen molar-refractivity contribution >= 4 is 23.2 Å². The molecular weight excluding hydrogens is 333 g/mol. The van der Waals surface area contributed by atoms with E-state index in [1.807, 2.05) is 6.92 Å². The standard InChI is InChI=1S/C18H19ClFNO3/c1-4-9-24-17-15(19)10-12(11-16(17)23-3)18(22)21(2)14-7-5-13(20)6-8-14/h5-8,10-11H,4,9H2,1-3H3. The average molecular weight is 352 g/mol. The van der Waals surface area contributed by atoms with Crippen LogP contribution in [0.15, 0.2) is 36.4 Å². The number of anilines is 1. The highest BCUT2D eigenvalue weighted by molar-refractivity contribution is 6.32. The number of halogens is 2. The number of hydrogen-bond donors (Lipinski definition) is 0. The normalized spacial score (nSPS) is 10.4. The first-order valence-electron chi connectivity index (χ1n) is 7.51.